The molecule has 0 atom stereocenters. The summed E-state index contributed by atoms with van der Waals surface area (Å²) in [6.45, 7) is 5.23. The second-order valence-electron chi connectivity index (χ2n) is 2.83. The van der Waals surface area contributed by atoms with Gasteiger partial charge in [0.05, 0.1) is 5.84 Å². The molecule has 0 saturated carbocycles. The molecule has 2 nitrogen and oxygen atoms in total. The molecule has 2 N–H and O–H groups in total. The molecule has 0 amide bonds. The number of rotatable bonds is 6. The third kappa shape index (κ3) is 7.37. The molecule has 0 radical (unpaired) electrons. The predicted octanol–water partition coefficient (Wildman–Crippen LogP) is 2.33. The van der Waals surface area contributed by atoms with Gasteiger partial charge in [0.1, 0.15) is 0 Å². The average molecular weight is 156 g/mol. The van der Waals surface area contributed by atoms with Gasteiger partial charge >= 0.3 is 0 Å². The maximum Gasteiger partial charge on any atom is 0.0936 e. The molecule has 0 rings (SSSR count). The second-order valence-corrected chi connectivity index (χ2v) is 2.83. The predicted molar refractivity (Wildman–Crippen MR) is 50.9 cm³/mol. The molecule has 0 saturated heterocycles. The smallest absolute Gasteiger partial charge is 0.0936 e. The number of nitrogens with zero attached hydrogens (tertiary/aromatic N) is 1. The monoisotopic (exact) mass is 156 g/mol. The Kier molecular flexibility index (Phi) is 7.21. The van der Waals surface area contributed by atoms with Crippen molar-refractivity contribution in [2.75, 3.05) is 6.54 Å². The second kappa shape index (κ2) is 7.58. The highest BCUT2D eigenvalue weighted by molar-refractivity contribution is 5.80. The summed E-state index contributed by atoms with van der Waals surface area (Å²) < 4.78 is 0. The minimum atomic E-state index is 0.823. The standard InChI is InChI=1S/C9H20N2/c1-3-5-6-8-11-9(10)7-4-2/h3-8H2,1-2H3,(H2,10,11). The molecule has 0 aliphatic rings. The van der Waals surface area contributed by atoms with Crippen molar-refractivity contribution in [2.24, 2.45) is 10.7 Å². The zero-order chi connectivity index (χ0) is 8.53. The number of nitrogens with two attached hydrogens (primary N) is 1. The van der Waals surface area contributed by atoms with E-state index in [-0.39, 0.29) is 0 Å². The Morgan fingerprint density at radius 1 is 1.18 bits per heavy atom. The van der Waals surface area contributed by atoms with E-state index in [0.717, 1.165) is 25.2 Å². The lowest BCUT2D eigenvalue weighted by Crippen LogP contribution is -2.11. The SMILES string of the molecule is CCCCCN=C(N)CCC. The highest BCUT2D eigenvalue weighted by atomic mass is 14.8. The first kappa shape index (κ1) is 10.5. The lowest BCUT2D eigenvalue weighted by Gasteiger charge is -1.97. The minimum absolute atomic E-state index is 0.823. The largest absolute Gasteiger partial charge is 0.387 e. The molecule has 0 aliphatic heterocycles. The normalized spacial score (nSPS) is 12.0. The van der Waals surface area contributed by atoms with Crippen molar-refractivity contribution < 1.29 is 0 Å². The molecule has 0 fully saturated rings. The zero-order valence-corrected chi connectivity index (χ0v) is 7.77. The van der Waals surface area contributed by atoms with Gasteiger partial charge in [-0.3, -0.25) is 4.99 Å². The Labute approximate surface area is 69.9 Å². The first-order chi connectivity index (χ1) is 5.31. The van der Waals surface area contributed by atoms with E-state index in [1.807, 2.05) is 0 Å². The summed E-state index contributed by atoms with van der Waals surface area (Å²) in [5.74, 6) is 0.823. The van der Waals surface area contributed by atoms with Crippen LogP contribution in [0.25, 0.3) is 0 Å². The molecule has 0 aromatic carbocycles. The molecule has 2 heteroatoms. The molecular weight excluding hydrogens is 136 g/mol. The molecule has 11 heavy (non-hydrogen) atoms. The fraction of sp³-hybridized carbons (Fsp3) is 0.889. The van der Waals surface area contributed by atoms with Crippen LogP contribution in [0.3, 0.4) is 0 Å². The highest BCUT2D eigenvalue weighted by Crippen LogP contribution is 1.94. The molecule has 0 bridgehead atoms. The summed E-state index contributed by atoms with van der Waals surface area (Å²) >= 11 is 0. The summed E-state index contributed by atoms with van der Waals surface area (Å²) in [6.07, 6.45) is 5.75. The molecule has 0 aromatic heterocycles. The Hall–Kier alpha value is -0.530. The van der Waals surface area contributed by atoms with Crippen molar-refractivity contribution in [3.63, 3.8) is 0 Å². The van der Waals surface area contributed by atoms with Crippen LogP contribution in [0.4, 0.5) is 0 Å². The van der Waals surface area contributed by atoms with Crippen molar-refractivity contribution in [3.8, 4) is 0 Å². The van der Waals surface area contributed by atoms with Gasteiger partial charge in [-0.1, -0.05) is 26.7 Å². The third-order valence-electron chi connectivity index (χ3n) is 1.58. The van der Waals surface area contributed by atoms with E-state index < -0.39 is 0 Å². The number of aliphatic imine (C=N–C) groups is 1. The number of hydrogen-bond acceptors (Lipinski definition) is 1. The topological polar surface area (TPSA) is 38.4 Å². The minimum Gasteiger partial charge on any atom is -0.387 e. The number of hydrogen-bond donors (Lipinski definition) is 1. The third-order valence-corrected chi connectivity index (χ3v) is 1.58. The van der Waals surface area contributed by atoms with Gasteiger partial charge in [0.2, 0.25) is 0 Å². The first-order valence-electron chi connectivity index (χ1n) is 4.60. The van der Waals surface area contributed by atoms with Gasteiger partial charge in [0.15, 0.2) is 0 Å². The molecule has 0 aliphatic carbocycles. The molecule has 0 heterocycles. The van der Waals surface area contributed by atoms with Crippen molar-refractivity contribution in [2.45, 2.75) is 46.0 Å². The zero-order valence-electron chi connectivity index (χ0n) is 7.77. The van der Waals surface area contributed by atoms with E-state index in [4.69, 9.17) is 5.73 Å². The van der Waals surface area contributed by atoms with Gasteiger partial charge in [-0.05, 0) is 12.8 Å². The lowest BCUT2D eigenvalue weighted by atomic mass is 10.2. The average Bonchev–Trinajstić information content (AvgIpc) is 1.99. The maximum absolute atomic E-state index is 5.62. The van der Waals surface area contributed by atoms with Crippen LogP contribution < -0.4 is 5.73 Å². The Morgan fingerprint density at radius 2 is 1.91 bits per heavy atom. The molecular formula is C9H20N2. The summed E-state index contributed by atoms with van der Waals surface area (Å²) in [5.41, 5.74) is 5.62. The van der Waals surface area contributed by atoms with Crippen molar-refractivity contribution in [1.82, 2.24) is 0 Å². The summed E-state index contributed by atoms with van der Waals surface area (Å²) in [5, 5.41) is 0. The van der Waals surface area contributed by atoms with Crippen molar-refractivity contribution in [3.05, 3.63) is 0 Å². The fourth-order valence-electron chi connectivity index (χ4n) is 0.920. The summed E-state index contributed by atoms with van der Waals surface area (Å²) in [7, 11) is 0. The quantitative estimate of drug-likeness (QED) is 0.358. The van der Waals surface area contributed by atoms with E-state index in [1.54, 1.807) is 0 Å². The van der Waals surface area contributed by atoms with Crippen LogP contribution in [0.1, 0.15) is 46.0 Å². The van der Waals surface area contributed by atoms with Gasteiger partial charge in [0.25, 0.3) is 0 Å². The highest BCUT2D eigenvalue weighted by Gasteiger charge is 1.88. The molecule has 0 aromatic rings. The summed E-state index contributed by atoms with van der Waals surface area (Å²) in [6, 6.07) is 0. The fourth-order valence-corrected chi connectivity index (χ4v) is 0.920. The Morgan fingerprint density at radius 3 is 2.45 bits per heavy atom. The van der Waals surface area contributed by atoms with Gasteiger partial charge in [-0.15, -0.1) is 0 Å². The maximum atomic E-state index is 5.62. The van der Waals surface area contributed by atoms with Crippen LogP contribution in [-0.4, -0.2) is 12.4 Å². The molecule has 0 unspecified atom stereocenters. The lowest BCUT2D eigenvalue weighted by molar-refractivity contribution is 0.726. The van der Waals surface area contributed by atoms with Gasteiger partial charge in [-0.25, -0.2) is 0 Å². The summed E-state index contributed by atoms with van der Waals surface area (Å²) in [4.78, 5) is 4.25. The van der Waals surface area contributed by atoms with Crippen LogP contribution >= 0.6 is 0 Å². The Bertz CT molecular complexity index is 108. The van der Waals surface area contributed by atoms with Crippen LogP contribution in [0.5, 0.6) is 0 Å². The van der Waals surface area contributed by atoms with E-state index in [2.05, 4.69) is 18.8 Å². The number of unbranched alkanes of at least 4 members (excludes halogenated alkanes) is 2. The van der Waals surface area contributed by atoms with Gasteiger partial charge < -0.3 is 5.73 Å². The van der Waals surface area contributed by atoms with Crippen LogP contribution in [0.15, 0.2) is 4.99 Å². The first-order valence-corrected chi connectivity index (χ1v) is 4.60. The molecule has 66 valence electrons. The van der Waals surface area contributed by atoms with Crippen molar-refractivity contribution >= 4 is 5.84 Å². The van der Waals surface area contributed by atoms with E-state index in [1.165, 1.54) is 19.3 Å². The van der Waals surface area contributed by atoms with E-state index in [9.17, 15) is 0 Å². The van der Waals surface area contributed by atoms with Gasteiger partial charge in [-0.2, -0.15) is 0 Å². The Balaban J connectivity index is 3.24. The van der Waals surface area contributed by atoms with Crippen LogP contribution in [0.2, 0.25) is 0 Å². The van der Waals surface area contributed by atoms with E-state index in [0.29, 0.717) is 0 Å². The van der Waals surface area contributed by atoms with Crippen molar-refractivity contribution in [1.29, 1.82) is 0 Å². The van der Waals surface area contributed by atoms with Crippen LogP contribution in [-0.2, 0) is 0 Å². The van der Waals surface area contributed by atoms with E-state index >= 15 is 0 Å². The molecule has 0 spiro atoms. The van der Waals surface area contributed by atoms with Crippen LogP contribution in [0, 0.1) is 0 Å². The number of amidine groups is 1. The van der Waals surface area contributed by atoms with Gasteiger partial charge in [0, 0.05) is 13.0 Å².